The number of nitrogens with zero attached hydrogens (tertiary/aromatic N) is 2. The molecule has 2 aliphatic carbocycles. The molecule has 2 saturated carbocycles. The summed E-state index contributed by atoms with van der Waals surface area (Å²) in [6, 6.07) is 1.19. The van der Waals surface area contributed by atoms with Gasteiger partial charge in [0.25, 0.3) is 0 Å². The van der Waals surface area contributed by atoms with Crippen LogP contribution in [-0.4, -0.2) is 146 Å². The molecule has 2 saturated heterocycles. The number of amides is 6. The monoisotopic (exact) mass is 1040 g/mol. The Kier molecular flexibility index (Phi) is 17.9. The molecule has 74 heavy (non-hydrogen) atoms. The fourth-order valence-electron chi connectivity index (χ4n) is 10.8. The molecule has 2 aromatic rings. The van der Waals surface area contributed by atoms with E-state index in [-0.39, 0.29) is 37.4 Å². The van der Waals surface area contributed by atoms with Crippen LogP contribution in [0.15, 0.2) is 36.4 Å². The van der Waals surface area contributed by atoms with Crippen LogP contribution in [0.25, 0.3) is 0 Å². The van der Waals surface area contributed by atoms with Crippen molar-refractivity contribution in [3.8, 4) is 11.5 Å². The predicted octanol–water partition coefficient (Wildman–Crippen LogP) is 2.56. The van der Waals surface area contributed by atoms with Crippen LogP contribution in [0, 0.1) is 57.8 Å². The fourth-order valence-corrected chi connectivity index (χ4v) is 10.8. The Morgan fingerprint density at radius 1 is 0.581 bits per heavy atom. The molecule has 4 aliphatic rings. The second-order valence-electron chi connectivity index (χ2n) is 22.0. The minimum atomic E-state index is -1.22. The first-order valence-electron chi connectivity index (χ1n) is 25.1. The molecule has 2 aliphatic heterocycles. The van der Waals surface area contributed by atoms with E-state index >= 15 is 0 Å². The van der Waals surface area contributed by atoms with Crippen molar-refractivity contribution >= 4 is 47.0 Å². The van der Waals surface area contributed by atoms with Crippen molar-refractivity contribution in [2.75, 3.05) is 40.3 Å². The lowest BCUT2D eigenvalue weighted by Crippen LogP contribution is -2.59. The number of likely N-dealkylation sites (tertiary alicyclic amines) is 2. The quantitative estimate of drug-likeness (QED) is 0.0935. The third-order valence-corrected chi connectivity index (χ3v) is 15.0. The molecule has 12 atom stereocenters. The van der Waals surface area contributed by atoms with Crippen molar-refractivity contribution in [3.63, 3.8) is 0 Å². The van der Waals surface area contributed by atoms with E-state index in [0.717, 1.165) is 24.3 Å². The highest BCUT2D eigenvalue weighted by Crippen LogP contribution is 2.47. The van der Waals surface area contributed by atoms with Crippen molar-refractivity contribution in [1.29, 1.82) is 0 Å². The molecule has 0 spiro atoms. The van der Waals surface area contributed by atoms with Crippen molar-refractivity contribution in [1.82, 2.24) is 41.7 Å². The first-order chi connectivity index (χ1) is 34.7. The number of hydrogen-bond acceptors (Lipinski definition) is 12. The summed E-state index contributed by atoms with van der Waals surface area (Å²) in [7, 11) is 3.21. The van der Waals surface area contributed by atoms with E-state index in [2.05, 4.69) is 31.9 Å². The zero-order valence-electron chi connectivity index (χ0n) is 43.5. The number of carbonyl (C=O) groups is 8. The maximum Gasteiger partial charge on any atom is 0.309 e. The number of ketones is 2. The molecule has 2 unspecified atom stereocenters. The molecule has 4 fully saturated rings. The lowest BCUT2D eigenvalue weighted by Gasteiger charge is -2.37. The van der Waals surface area contributed by atoms with E-state index in [1.165, 1.54) is 12.1 Å². The lowest BCUT2D eigenvalue weighted by atomic mass is 9.85. The molecule has 6 N–H and O–H groups in total. The standard InChI is InChI=1S/C52H70F4N8O10/c1-25(57-9)45(67)61-43(51(3,4)5)49(71)63-17-15-29-31(21-39(41(29)63)73-27-11-13-33(53)35(55)19-27)37(65)23-59-47(69)48(70)60-24-38(66)32-22-40(74-28-12-14-34(54)36(56)20-28)42-30(32)16-18-64(42)50(72)44(52(6,7)8)62-46(68)26(2)58-10/h11-14,19-20,25-26,29-32,39-44,57-58H,15-18,21-24H2,1-10H3,(H,59,69)(H,60,70)(H,61,67)(H,62,68)/t25-,26-,29-,30-,31?,32?,39-,40-,41-,42-,43+,44+/m0/s1. The number of rotatable bonds is 18. The van der Waals surface area contributed by atoms with Gasteiger partial charge in [0.15, 0.2) is 34.8 Å². The second kappa shape index (κ2) is 23.2. The van der Waals surface area contributed by atoms with Crippen molar-refractivity contribution in [3.05, 3.63) is 59.7 Å². The first kappa shape index (κ1) is 57.1. The largest absolute Gasteiger partial charge is 0.488 e. The summed E-state index contributed by atoms with van der Waals surface area (Å²) < 4.78 is 68.9. The Bertz CT molecular complexity index is 2320. The van der Waals surface area contributed by atoms with E-state index in [1.807, 2.05) is 0 Å². The Labute approximate surface area is 428 Å². The highest BCUT2D eigenvalue weighted by molar-refractivity contribution is 6.35. The second-order valence-corrected chi connectivity index (χ2v) is 22.0. The molecule has 6 amide bonds. The minimum Gasteiger partial charge on any atom is -0.488 e. The molecule has 2 heterocycles. The first-order valence-corrected chi connectivity index (χ1v) is 25.1. The number of benzene rings is 2. The van der Waals surface area contributed by atoms with Gasteiger partial charge < -0.3 is 51.2 Å². The van der Waals surface area contributed by atoms with Gasteiger partial charge in [-0.25, -0.2) is 17.6 Å². The van der Waals surface area contributed by atoms with Crippen LogP contribution in [0.5, 0.6) is 11.5 Å². The van der Waals surface area contributed by atoms with Crippen molar-refractivity contribution in [2.24, 2.45) is 34.5 Å². The van der Waals surface area contributed by atoms with Crippen LogP contribution < -0.4 is 41.4 Å². The van der Waals surface area contributed by atoms with Gasteiger partial charge in [0.1, 0.15) is 35.8 Å². The highest BCUT2D eigenvalue weighted by Gasteiger charge is 2.57. The Morgan fingerprint density at radius 3 is 1.24 bits per heavy atom. The molecule has 0 radical (unpaired) electrons. The van der Waals surface area contributed by atoms with Crippen molar-refractivity contribution < 1.29 is 65.4 Å². The van der Waals surface area contributed by atoms with Gasteiger partial charge in [-0.15, -0.1) is 0 Å². The molecule has 22 heteroatoms. The predicted molar refractivity (Wildman–Crippen MR) is 261 cm³/mol. The Morgan fingerprint density at radius 2 is 0.932 bits per heavy atom. The third kappa shape index (κ3) is 12.7. The van der Waals surface area contributed by atoms with Crippen LogP contribution in [0.3, 0.4) is 0 Å². The van der Waals surface area contributed by atoms with Crippen LogP contribution in [0.2, 0.25) is 0 Å². The molecule has 0 bridgehead atoms. The Hall–Kier alpha value is -6.16. The number of fused-ring (bicyclic) bond motifs is 2. The number of hydrogen-bond donors (Lipinski definition) is 6. The Balaban J connectivity index is 1.13. The van der Waals surface area contributed by atoms with E-state index in [1.54, 1.807) is 79.3 Å². The highest BCUT2D eigenvalue weighted by atomic mass is 19.2. The van der Waals surface area contributed by atoms with Gasteiger partial charge in [-0.3, -0.25) is 38.4 Å². The smallest absolute Gasteiger partial charge is 0.309 e. The van der Waals surface area contributed by atoms with Crippen LogP contribution in [-0.2, 0) is 38.4 Å². The zero-order valence-corrected chi connectivity index (χ0v) is 43.5. The van der Waals surface area contributed by atoms with Crippen LogP contribution in [0.4, 0.5) is 17.6 Å². The van der Waals surface area contributed by atoms with Gasteiger partial charge >= 0.3 is 11.8 Å². The SMILES string of the molecule is CN[C@@H](C)C(=O)N[C@H](C(=O)N1CC[C@H]2C(C(=O)CNC(=O)C(=O)NCC(=O)C3C[C@H](Oc4ccc(F)c(F)c4)[C@@H]4[C@H]3CCN4C(=O)[C@@H](NC(=O)[C@H](C)NC)C(C)(C)C)C[C@H](Oc3ccc(F)c(F)c3)[C@H]21)C(C)(C)C. The summed E-state index contributed by atoms with van der Waals surface area (Å²) in [4.78, 5) is 112. The number of halogens is 4. The summed E-state index contributed by atoms with van der Waals surface area (Å²) in [5.41, 5.74) is -1.52. The molecular formula is C52H70F4N8O10. The van der Waals surface area contributed by atoms with Gasteiger partial charge in [-0.1, -0.05) is 41.5 Å². The van der Waals surface area contributed by atoms with Gasteiger partial charge in [0, 0.05) is 37.1 Å². The molecule has 18 nitrogen and oxygen atoms in total. The normalized spacial score (nSPS) is 24.9. The lowest BCUT2D eigenvalue weighted by molar-refractivity contribution is -0.142. The topological polar surface area (TPSA) is 234 Å². The number of nitrogens with one attached hydrogen (secondary N) is 6. The molecule has 2 aromatic carbocycles. The summed E-state index contributed by atoms with van der Waals surface area (Å²) in [5, 5.41) is 16.1. The maximum atomic E-state index is 14.4. The minimum absolute atomic E-state index is 0.00523. The summed E-state index contributed by atoms with van der Waals surface area (Å²) in [5.74, 6) is -12.5. The van der Waals surface area contributed by atoms with Crippen molar-refractivity contribution in [2.45, 2.75) is 130 Å². The van der Waals surface area contributed by atoms with E-state index in [0.29, 0.717) is 12.8 Å². The van der Waals surface area contributed by atoms with E-state index in [4.69, 9.17) is 9.47 Å². The average molecular weight is 1040 g/mol. The summed E-state index contributed by atoms with van der Waals surface area (Å²) in [6.45, 7) is 13.1. The molecule has 0 aromatic heterocycles. The molecule has 406 valence electrons. The van der Waals surface area contributed by atoms with Gasteiger partial charge in [-0.2, -0.15) is 0 Å². The maximum absolute atomic E-state index is 14.4. The van der Waals surface area contributed by atoms with Gasteiger partial charge in [0.05, 0.1) is 37.3 Å². The average Bonchev–Trinajstić information content (AvgIpc) is 4.14. The number of likely N-dealkylation sites (N-methyl/N-ethyl adjacent to an activating group) is 2. The summed E-state index contributed by atoms with van der Waals surface area (Å²) in [6.07, 6.45) is -1.15. The summed E-state index contributed by atoms with van der Waals surface area (Å²) >= 11 is 0. The number of ether oxygens (including phenoxy) is 2. The molecule has 6 rings (SSSR count). The van der Waals surface area contributed by atoms with Crippen LogP contribution >= 0.6 is 0 Å². The van der Waals surface area contributed by atoms with Gasteiger partial charge in [-0.05, 0) is 101 Å². The molecular weight excluding hydrogens is 973 g/mol. The fraction of sp³-hybridized carbons (Fsp3) is 0.615. The zero-order chi connectivity index (χ0) is 54.7. The third-order valence-electron chi connectivity index (χ3n) is 15.0. The van der Waals surface area contributed by atoms with Gasteiger partial charge in [0.2, 0.25) is 23.6 Å². The van der Waals surface area contributed by atoms with Crippen LogP contribution in [0.1, 0.15) is 81.1 Å². The number of carbonyl (C=O) groups excluding carboxylic acids is 8. The van der Waals surface area contributed by atoms with E-state index < -0.39 is 166 Å². The van der Waals surface area contributed by atoms with E-state index in [9.17, 15) is 55.9 Å². The number of Topliss-reactive ketones (excluding diaryl/α,β-unsaturated/α-hetero) is 2.